The number of hydrogen-bond acceptors (Lipinski definition) is 6. The molecule has 1 aliphatic rings. The largest absolute Gasteiger partial charge is 0.494 e. The van der Waals surface area contributed by atoms with Crippen LogP contribution in [0.2, 0.25) is 0 Å². The quantitative estimate of drug-likeness (QED) is 0.828. The summed E-state index contributed by atoms with van der Waals surface area (Å²) < 4.78 is 5.39. The van der Waals surface area contributed by atoms with Crippen LogP contribution in [0, 0.1) is 0 Å². The first kappa shape index (κ1) is 17.0. The third-order valence-electron chi connectivity index (χ3n) is 3.51. The fourth-order valence-electron chi connectivity index (χ4n) is 2.36. The van der Waals surface area contributed by atoms with E-state index in [4.69, 9.17) is 10.5 Å². The van der Waals surface area contributed by atoms with Crippen molar-refractivity contribution in [2.24, 2.45) is 0 Å². The third-order valence-corrected chi connectivity index (χ3v) is 4.42. The highest BCUT2D eigenvalue weighted by Gasteiger charge is 2.35. The van der Waals surface area contributed by atoms with E-state index in [0.717, 1.165) is 23.1 Å². The number of amides is 2. The van der Waals surface area contributed by atoms with E-state index in [1.807, 2.05) is 31.2 Å². The minimum atomic E-state index is -0.326. The van der Waals surface area contributed by atoms with Crippen LogP contribution in [0.15, 0.2) is 47.4 Å². The molecule has 1 aliphatic heterocycles. The molecule has 128 valence electrons. The van der Waals surface area contributed by atoms with Crippen LogP contribution in [-0.4, -0.2) is 27.6 Å². The minimum absolute atomic E-state index is 0.107. The summed E-state index contributed by atoms with van der Waals surface area (Å²) in [5.41, 5.74) is 7.04. The lowest BCUT2D eigenvalue weighted by Crippen LogP contribution is -2.28. The van der Waals surface area contributed by atoms with Gasteiger partial charge in [0.15, 0.2) is 0 Å². The SMILES string of the molecule is CCOc1ccc(/C=C2\SC(=O)N(Cc3cccc(N)n3)C2=O)cc1. The fourth-order valence-corrected chi connectivity index (χ4v) is 3.20. The second-order valence-electron chi connectivity index (χ2n) is 5.32. The van der Waals surface area contributed by atoms with Crippen LogP contribution in [0.4, 0.5) is 10.6 Å². The zero-order chi connectivity index (χ0) is 17.8. The second-order valence-corrected chi connectivity index (χ2v) is 6.32. The number of nitrogens with zero attached hydrogens (tertiary/aromatic N) is 2. The van der Waals surface area contributed by atoms with Crippen molar-refractivity contribution in [2.45, 2.75) is 13.5 Å². The molecule has 0 aliphatic carbocycles. The molecule has 1 aromatic carbocycles. The van der Waals surface area contributed by atoms with E-state index in [1.165, 1.54) is 4.90 Å². The number of imide groups is 1. The Morgan fingerprint density at radius 2 is 1.96 bits per heavy atom. The highest BCUT2D eigenvalue weighted by atomic mass is 32.2. The molecule has 1 saturated heterocycles. The monoisotopic (exact) mass is 355 g/mol. The Kier molecular flexibility index (Phi) is 5.04. The van der Waals surface area contributed by atoms with Crippen molar-refractivity contribution >= 4 is 34.8 Å². The van der Waals surface area contributed by atoms with E-state index in [1.54, 1.807) is 24.3 Å². The number of carbonyl (C=O) groups excluding carboxylic acids is 2. The van der Waals surface area contributed by atoms with Gasteiger partial charge in [-0.2, -0.15) is 0 Å². The molecule has 0 radical (unpaired) electrons. The summed E-state index contributed by atoms with van der Waals surface area (Å²) in [6.07, 6.45) is 1.70. The van der Waals surface area contributed by atoms with Gasteiger partial charge in [0, 0.05) is 0 Å². The Morgan fingerprint density at radius 1 is 1.20 bits per heavy atom. The van der Waals surface area contributed by atoms with Crippen molar-refractivity contribution in [2.75, 3.05) is 12.3 Å². The van der Waals surface area contributed by atoms with Gasteiger partial charge in [0.25, 0.3) is 11.1 Å². The Morgan fingerprint density at radius 3 is 2.64 bits per heavy atom. The number of rotatable bonds is 5. The van der Waals surface area contributed by atoms with Crippen molar-refractivity contribution in [1.29, 1.82) is 0 Å². The molecule has 6 nitrogen and oxygen atoms in total. The van der Waals surface area contributed by atoms with E-state index >= 15 is 0 Å². The number of aromatic nitrogens is 1. The van der Waals surface area contributed by atoms with E-state index in [-0.39, 0.29) is 17.7 Å². The average Bonchev–Trinajstić information content (AvgIpc) is 2.84. The van der Waals surface area contributed by atoms with Gasteiger partial charge in [0.1, 0.15) is 11.6 Å². The second kappa shape index (κ2) is 7.40. The van der Waals surface area contributed by atoms with Crippen molar-refractivity contribution in [3.8, 4) is 5.75 Å². The lowest BCUT2D eigenvalue weighted by atomic mass is 10.2. The van der Waals surface area contributed by atoms with Gasteiger partial charge in [0.2, 0.25) is 0 Å². The van der Waals surface area contributed by atoms with Gasteiger partial charge in [-0.3, -0.25) is 14.5 Å². The summed E-state index contributed by atoms with van der Waals surface area (Å²) in [7, 11) is 0. The van der Waals surface area contributed by atoms with Crippen LogP contribution >= 0.6 is 11.8 Å². The number of nitrogen functional groups attached to an aromatic ring is 1. The van der Waals surface area contributed by atoms with Crippen LogP contribution in [0.5, 0.6) is 5.75 Å². The third kappa shape index (κ3) is 4.00. The predicted octanol–water partition coefficient (Wildman–Crippen LogP) is 3.30. The molecule has 7 heteroatoms. The summed E-state index contributed by atoms with van der Waals surface area (Å²) in [5, 5.41) is -0.314. The normalized spacial score (nSPS) is 15.9. The van der Waals surface area contributed by atoms with Crippen LogP contribution in [0.1, 0.15) is 18.2 Å². The Balaban J connectivity index is 1.76. The standard InChI is InChI=1S/C18H17N3O3S/c1-2-24-14-8-6-12(7-9-14)10-15-17(22)21(18(23)25-15)11-13-4-3-5-16(19)20-13/h3-10H,2,11H2,1H3,(H2,19,20)/b15-10-. The van der Waals surface area contributed by atoms with Crippen LogP contribution < -0.4 is 10.5 Å². The molecule has 1 aromatic heterocycles. The van der Waals surface area contributed by atoms with E-state index in [2.05, 4.69) is 4.98 Å². The first-order chi connectivity index (χ1) is 12.1. The van der Waals surface area contributed by atoms with E-state index in [9.17, 15) is 9.59 Å². The van der Waals surface area contributed by atoms with Gasteiger partial charge in [-0.05, 0) is 54.6 Å². The molecule has 2 amide bonds. The highest BCUT2D eigenvalue weighted by Crippen LogP contribution is 2.33. The number of hydrogen-bond donors (Lipinski definition) is 1. The Labute approximate surface area is 149 Å². The number of benzene rings is 1. The molecule has 25 heavy (non-hydrogen) atoms. The van der Waals surface area contributed by atoms with Gasteiger partial charge in [-0.1, -0.05) is 18.2 Å². The molecular weight excluding hydrogens is 338 g/mol. The number of ether oxygens (including phenoxy) is 1. The molecule has 0 atom stereocenters. The van der Waals surface area contributed by atoms with Crippen LogP contribution in [0.25, 0.3) is 6.08 Å². The lowest BCUT2D eigenvalue weighted by Gasteiger charge is -2.11. The molecule has 0 unspecified atom stereocenters. The number of anilines is 1. The van der Waals surface area contributed by atoms with E-state index in [0.29, 0.717) is 23.0 Å². The molecule has 0 saturated carbocycles. The average molecular weight is 355 g/mol. The maximum absolute atomic E-state index is 12.5. The summed E-state index contributed by atoms with van der Waals surface area (Å²) >= 11 is 0.923. The van der Waals surface area contributed by atoms with Crippen molar-refractivity contribution < 1.29 is 14.3 Å². The highest BCUT2D eigenvalue weighted by molar-refractivity contribution is 8.18. The first-order valence-electron chi connectivity index (χ1n) is 7.76. The smallest absolute Gasteiger partial charge is 0.293 e. The molecule has 2 aromatic rings. The minimum Gasteiger partial charge on any atom is -0.494 e. The summed E-state index contributed by atoms with van der Waals surface area (Å²) in [5.74, 6) is 0.794. The zero-order valence-corrected chi connectivity index (χ0v) is 14.5. The van der Waals surface area contributed by atoms with Crippen LogP contribution in [-0.2, 0) is 11.3 Å². The van der Waals surface area contributed by atoms with Gasteiger partial charge >= 0.3 is 0 Å². The van der Waals surface area contributed by atoms with Crippen LogP contribution in [0.3, 0.4) is 0 Å². The number of pyridine rings is 1. The van der Waals surface area contributed by atoms with Crippen molar-refractivity contribution in [3.05, 3.63) is 58.6 Å². The molecule has 1 fully saturated rings. The topological polar surface area (TPSA) is 85.5 Å². The van der Waals surface area contributed by atoms with Crippen molar-refractivity contribution in [3.63, 3.8) is 0 Å². The summed E-state index contributed by atoms with van der Waals surface area (Å²) in [6, 6.07) is 12.5. The molecule has 0 bridgehead atoms. The molecule has 0 spiro atoms. The fraction of sp³-hybridized carbons (Fsp3) is 0.167. The molecule has 2 heterocycles. The van der Waals surface area contributed by atoms with E-state index < -0.39 is 0 Å². The van der Waals surface area contributed by atoms with Crippen molar-refractivity contribution in [1.82, 2.24) is 9.88 Å². The lowest BCUT2D eigenvalue weighted by molar-refractivity contribution is -0.123. The number of nitrogens with two attached hydrogens (primary N) is 1. The maximum Gasteiger partial charge on any atom is 0.293 e. The number of carbonyl (C=O) groups is 2. The summed E-state index contributed by atoms with van der Waals surface area (Å²) in [6.45, 7) is 2.62. The molecular formula is C18H17N3O3S. The Bertz CT molecular complexity index is 834. The molecule has 2 N–H and O–H groups in total. The predicted molar refractivity (Wildman–Crippen MR) is 97.8 cm³/mol. The van der Waals surface area contributed by atoms with Gasteiger partial charge in [0.05, 0.1) is 23.8 Å². The van der Waals surface area contributed by atoms with Gasteiger partial charge in [-0.15, -0.1) is 0 Å². The summed E-state index contributed by atoms with van der Waals surface area (Å²) in [4.78, 5) is 30.4. The van der Waals surface area contributed by atoms with Gasteiger partial charge < -0.3 is 10.5 Å². The first-order valence-corrected chi connectivity index (χ1v) is 8.58. The Hall–Kier alpha value is -2.80. The van der Waals surface area contributed by atoms with Gasteiger partial charge in [-0.25, -0.2) is 4.98 Å². The zero-order valence-electron chi connectivity index (χ0n) is 13.6. The molecule has 3 rings (SSSR count). The number of thioether (sulfide) groups is 1. The maximum atomic E-state index is 12.5.